The van der Waals surface area contributed by atoms with Gasteiger partial charge in [-0.1, -0.05) is 24.6 Å². The van der Waals surface area contributed by atoms with Crippen LogP contribution in [0.1, 0.15) is 25.3 Å². The summed E-state index contributed by atoms with van der Waals surface area (Å²) in [5, 5.41) is 0.755. The highest BCUT2D eigenvalue weighted by Crippen LogP contribution is 2.28. The molecule has 24 heavy (non-hydrogen) atoms. The van der Waals surface area contributed by atoms with Gasteiger partial charge in [-0.2, -0.15) is 17.0 Å². The number of hydrogen-bond acceptors (Lipinski definition) is 3. The van der Waals surface area contributed by atoms with Crippen LogP contribution in [0, 0.1) is 12.8 Å². The van der Waals surface area contributed by atoms with Crippen LogP contribution in [0.5, 0.6) is 0 Å². The molecule has 2 saturated heterocycles. The van der Waals surface area contributed by atoms with E-state index in [9.17, 15) is 8.42 Å². The van der Waals surface area contributed by atoms with Crippen molar-refractivity contribution in [3.63, 3.8) is 0 Å². The first-order valence-corrected chi connectivity index (χ1v) is 10.4. The van der Waals surface area contributed by atoms with Crippen LogP contribution in [-0.4, -0.2) is 56.3 Å². The fourth-order valence-electron chi connectivity index (χ4n) is 3.48. The second kappa shape index (κ2) is 7.20. The molecule has 7 heteroatoms. The summed E-state index contributed by atoms with van der Waals surface area (Å²) in [5.41, 5.74) is 2.16. The van der Waals surface area contributed by atoms with Gasteiger partial charge >= 0.3 is 0 Å². The lowest BCUT2D eigenvalue weighted by atomic mass is 10.0. The zero-order valence-corrected chi connectivity index (χ0v) is 16.0. The number of halogens is 1. The molecule has 0 spiro atoms. The molecule has 1 aromatic carbocycles. The number of anilines is 1. The molecule has 1 aromatic rings. The van der Waals surface area contributed by atoms with Gasteiger partial charge in [-0.25, -0.2) is 0 Å². The van der Waals surface area contributed by atoms with Gasteiger partial charge in [0.1, 0.15) is 0 Å². The monoisotopic (exact) mass is 371 g/mol. The van der Waals surface area contributed by atoms with E-state index < -0.39 is 10.2 Å². The minimum absolute atomic E-state index is 0.528. The van der Waals surface area contributed by atoms with Gasteiger partial charge in [0.15, 0.2) is 0 Å². The largest absolute Gasteiger partial charge is 0.369 e. The van der Waals surface area contributed by atoms with E-state index in [1.165, 1.54) is 0 Å². The molecule has 2 fully saturated rings. The van der Waals surface area contributed by atoms with Gasteiger partial charge in [0.05, 0.1) is 0 Å². The topological polar surface area (TPSA) is 43.9 Å². The van der Waals surface area contributed by atoms with Crippen LogP contribution >= 0.6 is 11.6 Å². The molecule has 0 aromatic heterocycles. The summed E-state index contributed by atoms with van der Waals surface area (Å²) in [7, 11) is -3.32. The Hall–Kier alpha value is -0.820. The molecule has 134 valence electrons. The molecule has 0 N–H and O–H groups in total. The molecule has 0 saturated carbocycles. The van der Waals surface area contributed by atoms with Gasteiger partial charge in [-0.3, -0.25) is 0 Å². The van der Waals surface area contributed by atoms with Crippen LogP contribution in [0.15, 0.2) is 18.2 Å². The van der Waals surface area contributed by atoms with E-state index >= 15 is 0 Å². The van der Waals surface area contributed by atoms with Crippen molar-refractivity contribution in [3.8, 4) is 0 Å². The molecule has 0 amide bonds. The van der Waals surface area contributed by atoms with Crippen molar-refractivity contribution in [1.82, 2.24) is 8.61 Å². The third-order valence-corrected chi connectivity index (χ3v) is 7.66. The van der Waals surface area contributed by atoms with E-state index in [-0.39, 0.29) is 0 Å². The maximum Gasteiger partial charge on any atom is 0.282 e. The standard InChI is InChI=1S/C17H26ClN3O2S/c1-14-6-8-20(9-7-14)24(22,23)21-12-10-19(11-13-21)17-5-3-4-16(18)15(17)2/h3-5,14H,6-13H2,1-2H3. The van der Waals surface area contributed by atoms with Crippen molar-refractivity contribution in [1.29, 1.82) is 0 Å². The average molecular weight is 372 g/mol. The first kappa shape index (κ1) is 18.0. The summed E-state index contributed by atoms with van der Waals surface area (Å²) < 4.78 is 28.9. The molecule has 2 aliphatic heterocycles. The quantitative estimate of drug-likeness (QED) is 0.820. The fourth-order valence-corrected chi connectivity index (χ4v) is 5.27. The highest BCUT2D eigenvalue weighted by molar-refractivity contribution is 7.86. The zero-order chi connectivity index (χ0) is 17.3. The number of hydrogen-bond donors (Lipinski definition) is 0. The lowest BCUT2D eigenvalue weighted by Crippen LogP contribution is -2.54. The average Bonchev–Trinajstić information content (AvgIpc) is 2.58. The Labute approximate surface area is 150 Å². The third-order valence-electron chi connectivity index (χ3n) is 5.21. The van der Waals surface area contributed by atoms with E-state index in [1.54, 1.807) is 8.61 Å². The maximum absolute atomic E-state index is 12.8. The van der Waals surface area contributed by atoms with E-state index in [2.05, 4.69) is 17.9 Å². The predicted octanol–water partition coefficient (Wildman–Crippen LogP) is 2.75. The van der Waals surface area contributed by atoms with Crippen LogP contribution in [0.3, 0.4) is 0 Å². The van der Waals surface area contributed by atoms with E-state index in [0.29, 0.717) is 45.2 Å². The highest BCUT2D eigenvalue weighted by atomic mass is 35.5. The van der Waals surface area contributed by atoms with E-state index in [0.717, 1.165) is 29.1 Å². The summed E-state index contributed by atoms with van der Waals surface area (Å²) >= 11 is 6.21. The number of nitrogens with zero attached hydrogens (tertiary/aromatic N) is 3. The molecule has 2 heterocycles. The molecular formula is C17H26ClN3O2S. The Kier molecular flexibility index (Phi) is 5.39. The Morgan fingerprint density at radius 2 is 1.58 bits per heavy atom. The lowest BCUT2D eigenvalue weighted by Gasteiger charge is -2.39. The first-order valence-electron chi connectivity index (χ1n) is 8.65. The molecule has 3 rings (SSSR count). The molecule has 0 aliphatic carbocycles. The van der Waals surface area contributed by atoms with Crippen LogP contribution in [-0.2, 0) is 10.2 Å². The normalized spacial score (nSPS) is 22.0. The first-order chi connectivity index (χ1) is 11.4. The van der Waals surface area contributed by atoms with Crippen LogP contribution in [0.2, 0.25) is 5.02 Å². The van der Waals surface area contributed by atoms with E-state index in [4.69, 9.17) is 11.6 Å². The van der Waals surface area contributed by atoms with Gasteiger partial charge in [0.2, 0.25) is 0 Å². The molecule has 0 unspecified atom stereocenters. The highest BCUT2D eigenvalue weighted by Gasteiger charge is 2.34. The molecule has 5 nitrogen and oxygen atoms in total. The minimum atomic E-state index is -3.32. The Bertz CT molecular complexity index is 679. The predicted molar refractivity (Wildman–Crippen MR) is 98.9 cm³/mol. The molecule has 2 aliphatic rings. The van der Waals surface area contributed by atoms with Crippen molar-refractivity contribution < 1.29 is 8.42 Å². The van der Waals surface area contributed by atoms with Crippen molar-refractivity contribution in [3.05, 3.63) is 28.8 Å². The van der Waals surface area contributed by atoms with Crippen molar-refractivity contribution in [2.24, 2.45) is 5.92 Å². The fraction of sp³-hybridized carbons (Fsp3) is 0.647. The molecule has 0 bridgehead atoms. The Morgan fingerprint density at radius 1 is 1.00 bits per heavy atom. The van der Waals surface area contributed by atoms with Crippen LogP contribution in [0.25, 0.3) is 0 Å². The second-order valence-electron chi connectivity index (χ2n) is 6.86. The molecular weight excluding hydrogens is 346 g/mol. The van der Waals surface area contributed by atoms with Crippen molar-refractivity contribution in [2.45, 2.75) is 26.7 Å². The van der Waals surface area contributed by atoms with Crippen LogP contribution < -0.4 is 4.90 Å². The SMILES string of the molecule is Cc1c(Cl)cccc1N1CCN(S(=O)(=O)N2CCC(C)CC2)CC1. The Balaban J connectivity index is 1.65. The maximum atomic E-state index is 12.8. The van der Waals surface area contributed by atoms with Gasteiger partial charge in [-0.05, 0) is 43.4 Å². The summed E-state index contributed by atoms with van der Waals surface area (Å²) in [6.45, 7) is 7.95. The number of rotatable bonds is 3. The van der Waals surface area contributed by atoms with Gasteiger partial charge < -0.3 is 4.90 Å². The number of piperidine rings is 1. The molecule has 0 atom stereocenters. The van der Waals surface area contributed by atoms with E-state index in [1.807, 2.05) is 19.1 Å². The Morgan fingerprint density at radius 3 is 2.21 bits per heavy atom. The summed E-state index contributed by atoms with van der Waals surface area (Å²) in [4.78, 5) is 2.23. The van der Waals surface area contributed by atoms with Crippen LogP contribution in [0.4, 0.5) is 5.69 Å². The van der Waals surface area contributed by atoms with Crippen molar-refractivity contribution >= 4 is 27.5 Å². The van der Waals surface area contributed by atoms with Gasteiger partial charge in [0.25, 0.3) is 10.2 Å². The van der Waals surface area contributed by atoms with Gasteiger partial charge in [0, 0.05) is 50.0 Å². The number of piperazine rings is 1. The summed E-state index contributed by atoms with van der Waals surface area (Å²) in [5.74, 6) is 0.624. The third kappa shape index (κ3) is 3.57. The van der Waals surface area contributed by atoms with Crippen molar-refractivity contribution in [2.75, 3.05) is 44.2 Å². The molecule has 0 radical (unpaired) electrons. The second-order valence-corrected chi connectivity index (χ2v) is 9.20. The lowest BCUT2D eigenvalue weighted by molar-refractivity contribution is 0.260. The minimum Gasteiger partial charge on any atom is -0.369 e. The zero-order valence-electron chi connectivity index (χ0n) is 14.4. The summed E-state index contributed by atoms with van der Waals surface area (Å²) in [6, 6.07) is 5.89. The smallest absolute Gasteiger partial charge is 0.282 e. The van der Waals surface area contributed by atoms with Gasteiger partial charge in [-0.15, -0.1) is 0 Å². The summed E-state index contributed by atoms with van der Waals surface area (Å²) in [6.07, 6.45) is 1.92. The number of benzene rings is 1.